The van der Waals surface area contributed by atoms with E-state index < -0.39 is 22.9 Å². The van der Waals surface area contributed by atoms with E-state index in [-0.39, 0.29) is 18.0 Å². The monoisotopic (exact) mass is 428 g/mol. The lowest BCUT2D eigenvalue weighted by Gasteiger charge is -2.44. The van der Waals surface area contributed by atoms with Gasteiger partial charge in [0.25, 0.3) is 0 Å². The van der Waals surface area contributed by atoms with Gasteiger partial charge in [-0.15, -0.1) is 0 Å². The second kappa shape index (κ2) is 7.04. The predicted octanol–water partition coefficient (Wildman–Crippen LogP) is 4.92. The molecule has 0 radical (unpaired) electrons. The highest BCUT2D eigenvalue weighted by Gasteiger charge is 2.58. The van der Waals surface area contributed by atoms with Crippen LogP contribution in [0.3, 0.4) is 0 Å². The first-order valence-electron chi connectivity index (χ1n) is 8.76. The molecule has 2 atom stereocenters. The van der Waals surface area contributed by atoms with Crippen molar-refractivity contribution in [2.24, 2.45) is 10.8 Å². The van der Waals surface area contributed by atoms with Gasteiger partial charge in [0.2, 0.25) is 0 Å². The molecule has 4 nitrogen and oxygen atoms in total. The summed E-state index contributed by atoms with van der Waals surface area (Å²) in [6.07, 6.45) is -0.883. The summed E-state index contributed by atoms with van der Waals surface area (Å²) in [5, 5.41) is 0. The summed E-state index contributed by atoms with van der Waals surface area (Å²) in [6, 6.07) is 16.1. The lowest BCUT2D eigenvalue weighted by molar-refractivity contribution is -0.187. The molecule has 0 amide bonds. The number of Topliss-reactive ketones (excluding diaryl/α,β-unsaturated/α-hetero) is 2. The van der Waals surface area contributed by atoms with Gasteiger partial charge in [0.05, 0.1) is 5.41 Å². The van der Waals surface area contributed by atoms with Crippen LogP contribution in [-0.4, -0.2) is 17.5 Å². The Morgan fingerprint density at radius 2 is 1.59 bits per heavy atom. The van der Waals surface area contributed by atoms with Gasteiger partial charge in [-0.1, -0.05) is 58.4 Å². The third-order valence-electron chi connectivity index (χ3n) is 5.20. The smallest absolute Gasteiger partial charge is 0.320 e. The summed E-state index contributed by atoms with van der Waals surface area (Å²) in [5.74, 6) is -1.18. The van der Waals surface area contributed by atoms with Crippen molar-refractivity contribution in [3.63, 3.8) is 0 Å². The molecule has 0 bridgehead atoms. The fraction of sp³-hybridized carbons (Fsp3) is 0.318. The molecule has 0 unspecified atom stereocenters. The number of carbonyl (C=O) groups excluding carboxylic acids is 3. The van der Waals surface area contributed by atoms with Gasteiger partial charge in [0, 0.05) is 16.5 Å². The van der Waals surface area contributed by atoms with Gasteiger partial charge in [-0.25, -0.2) is 0 Å². The predicted molar refractivity (Wildman–Crippen MR) is 105 cm³/mol. The van der Waals surface area contributed by atoms with E-state index in [2.05, 4.69) is 15.9 Å². The van der Waals surface area contributed by atoms with Gasteiger partial charge >= 0.3 is 5.97 Å². The molecule has 0 aliphatic carbocycles. The minimum absolute atomic E-state index is 0.211. The Hall–Kier alpha value is -2.27. The van der Waals surface area contributed by atoms with Crippen LogP contribution in [0.25, 0.3) is 0 Å². The lowest BCUT2D eigenvalue weighted by atomic mass is 9.64. The zero-order chi connectivity index (χ0) is 19.8. The second-order valence-electron chi connectivity index (χ2n) is 7.69. The number of benzene rings is 2. The van der Waals surface area contributed by atoms with Gasteiger partial charge in [-0.3, -0.25) is 14.4 Å². The van der Waals surface area contributed by atoms with E-state index >= 15 is 0 Å². The zero-order valence-electron chi connectivity index (χ0n) is 15.5. The van der Waals surface area contributed by atoms with Crippen molar-refractivity contribution in [2.45, 2.75) is 33.3 Å². The van der Waals surface area contributed by atoms with Crippen molar-refractivity contribution in [3.05, 3.63) is 70.2 Å². The van der Waals surface area contributed by atoms with Gasteiger partial charge in [0.15, 0.2) is 11.6 Å². The van der Waals surface area contributed by atoms with Crippen LogP contribution in [0.1, 0.15) is 49.2 Å². The molecule has 27 heavy (non-hydrogen) atoms. The van der Waals surface area contributed by atoms with Gasteiger partial charge in [-0.05, 0) is 38.5 Å². The molecule has 0 N–H and O–H groups in total. The molecular weight excluding hydrogens is 408 g/mol. The molecule has 1 fully saturated rings. The maximum absolute atomic E-state index is 13.3. The fourth-order valence-corrected chi connectivity index (χ4v) is 3.90. The summed E-state index contributed by atoms with van der Waals surface area (Å²) in [7, 11) is 0. The van der Waals surface area contributed by atoms with E-state index in [0.29, 0.717) is 5.56 Å². The molecule has 140 valence electrons. The maximum Gasteiger partial charge on any atom is 0.320 e. The second-order valence-corrected chi connectivity index (χ2v) is 8.60. The van der Waals surface area contributed by atoms with E-state index in [1.165, 1.54) is 6.92 Å². The van der Waals surface area contributed by atoms with Gasteiger partial charge in [0.1, 0.15) is 11.5 Å². The van der Waals surface area contributed by atoms with Crippen molar-refractivity contribution < 1.29 is 19.1 Å². The molecular formula is C22H21BrO4. The molecule has 2 aromatic carbocycles. The summed E-state index contributed by atoms with van der Waals surface area (Å²) in [4.78, 5) is 38.8. The molecule has 3 rings (SSSR count). The maximum atomic E-state index is 13.3. The van der Waals surface area contributed by atoms with Crippen molar-refractivity contribution in [1.82, 2.24) is 0 Å². The molecule has 0 spiro atoms. The fourth-order valence-electron chi connectivity index (χ4n) is 3.63. The van der Waals surface area contributed by atoms with Crippen molar-refractivity contribution >= 4 is 33.5 Å². The first kappa shape index (κ1) is 19.5. The Kier molecular flexibility index (Phi) is 5.08. The normalized spacial score (nSPS) is 24.4. The van der Waals surface area contributed by atoms with Crippen molar-refractivity contribution in [1.29, 1.82) is 0 Å². The molecule has 1 aliphatic rings. The molecule has 1 heterocycles. The first-order chi connectivity index (χ1) is 12.7. The molecule has 0 saturated carbocycles. The minimum Gasteiger partial charge on any atom is -0.456 e. The highest BCUT2D eigenvalue weighted by molar-refractivity contribution is 9.10. The number of ether oxygens (including phenoxy) is 1. The van der Waals surface area contributed by atoms with Crippen LogP contribution in [0.15, 0.2) is 59.1 Å². The topological polar surface area (TPSA) is 60.4 Å². The Labute approximate surface area is 167 Å². The van der Waals surface area contributed by atoms with E-state index in [1.54, 1.807) is 38.1 Å². The van der Waals surface area contributed by atoms with E-state index in [9.17, 15) is 14.4 Å². The van der Waals surface area contributed by atoms with Crippen LogP contribution < -0.4 is 0 Å². The van der Waals surface area contributed by atoms with Crippen molar-refractivity contribution in [3.8, 4) is 0 Å². The summed E-state index contributed by atoms with van der Waals surface area (Å²) in [6.45, 7) is 5.04. The summed E-state index contributed by atoms with van der Waals surface area (Å²) >= 11 is 3.33. The molecule has 1 saturated heterocycles. The van der Waals surface area contributed by atoms with Crippen LogP contribution >= 0.6 is 15.9 Å². The Morgan fingerprint density at radius 1 is 1.00 bits per heavy atom. The average Bonchev–Trinajstić information content (AvgIpc) is 2.65. The van der Waals surface area contributed by atoms with Crippen LogP contribution in [0.5, 0.6) is 0 Å². The van der Waals surface area contributed by atoms with E-state index in [1.807, 2.05) is 30.3 Å². The van der Waals surface area contributed by atoms with E-state index in [0.717, 1.165) is 10.0 Å². The zero-order valence-corrected chi connectivity index (χ0v) is 17.1. The SMILES string of the molecule is CC1(C)C(=O)[C@@](C)(CC(=O)c2ccc(Br)cc2)C(=O)O[C@@H]1c1ccccc1. The first-order valence-corrected chi connectivity index (χ1v) is 9.55. The number of halogens is 1. The number of esters is 1. The largest absolute Gasteiger partial charge is 0.456 e. The van der Waals surface area contributed by atoms with Crippen LogP contribution in [0.2, 0.25) is 0 Å². The highest BCUT2D eigenvalue weighted by atomic mass is 79.9. The third-order valence-corrected chi connectivity index (χ3v) is 5.73. The standard InChI is InChI=1S/C22H21BrO4/c1-21(2)18(15-7-5-4-6-8-15)27-20(26)22(3,19(21)25)13-17(24)14-9-11-16(23)12-10-14/h4-12,18H,13H2,1-3H3/t18-,22-/m1/s1. The third kappa shape index (κ3) is 3.48. The number of carbonyl (C=O) groups is 3. The van der Waals surface area contributed by atoms with Gasteiger partial charge in [-0.2, -0.15) is 0 Å². The number of cyclic esters (lactones) is 1. The average molecular weight is 429 g/mol. The number of hydrogen-bond donors (Lipinski definition) is 0. The highest BCUT2D eigenvalue weighted by Crippen LogP contribution is 2.49. The Bertz CT molecular complexity index is 886. The Balaban J connectivity index is 1.90. The van der Waals surface area contributed by atoms with Crippen LogP contribution in [-0.2, 0) is 14.3 Å². The van der Waals surface area contributed by atoms with Crippen molar-refractivity contribution in [2.75, 3.05) is 0 Å². The number of ketones is 2. The molecule has 1 aliphatic heterocycles. The van der Waals surface area contributed by atoms with Crippen LogP contribution in [0.4, 0.5) is 0 Å². The van der Waals surface area contributed by atoms with E-state index in [4.69, 9.17) is 4.74 Å². The summed E-state index contributed by atoms with van der Waals surface area (Å²) in [5.41, 5.74) is -1.21. The Morgan fingerprint density at radius 3 is 2.19 bits per heavy atom. The lowest BCUT2D eigenvalue weighted by Crippen LogP contribution is -2.54. The quantitative estimate of drug-likeness (QED) is 0.393. The van der Waals surface area contributed by atoms with Gasteiger partial charge < -0.3 is 4.74 Å². The van der Waals surface area contributed by atoms with Crippen LogP contribution in [0, 0.1) is 10.8 Å². The molecule has 5 heteroatoms. The number of rotatable bonds is 4. The minimum atomic E-state index is -1.50. The molecule has 2 aromatic rings. The summed E-state index contributed by atoms with van der Waals surface area (Å²) < 4.78 is 6.56. The molecule has 0 aromatic heterocycles. The number of hydrogen-bond acceptors (Lipinski definition) is 4.